The van der Waals surface area contributed by atoms with Crippen molar-refractivity contribution in [2.45, 2.75) is 26.1 Å². The maximum absolute atomic E-state index is 14.9. The first-order valence-electron chi connectivity index (χ1n) is 9.77. The monoisotopic (exact) mass is 468 g/mol. The molecule has 0 radical (unpaired) electrons. The Morgan fingerprint density at radius 3 is 2.36 bits per heavy atom. The molecule has 0 fully saturated rings. The Bertz CT molecular complexity index is 1200. The van der Waals surface area contributed by atoms with Crippen molar-refractivity contribution in [3.05, 3.63) is 59.0 Å². The van der Waals surface area contributed by atoms with E-state index < -0.39 is 41.4 Å². The number of fused-ring (bicyclic) bond motifs is 1. The normalized spacial score (nSPS) is 12.6. The Morgan fingerprint density at radius 2 is 1.79 bits per heavy atom. The van der Waals surface area contributed by atoms with Crippen LogP contribution in [-0.2, 0) is 4.79 Å². The fraction of sp³-hybridized carbons (Fsp3) is 0.273. The predicted octanol–water partition coefficient (Wildman–Crippen LogP) is 3.59. The van der Waals surface area contributed by atoms with Gasteiger partial charge in [-0.2, -0.15) is 0 Å². The van der Waals surface area contributed by atoms with Crippen LogP contribution in [0.25, 0.3) is 10.9 Å². The molecule has 0 spiro atoms. The maximum atomic E-state index is 14.9. The number of aromatic nitrogens is 1. The Balaban J connectivity index is 2.12. The molecule has 0 bridgehead atoms. The van der Waals surface area contributed by atoms with Gasteiger partial charge in [-0.05, 0) is 55.8 Å². The Morgan fingerprint density at radius 1 is 1.15 bits per heavy atom. The second kappa shape index (κ2) is 9.10. The third-order valence-corrected chi connectivity index (χ3v) is 5.11. The molecule has 1 atom stereocenters. The molecule has 0 saturated carbocycles. The Hall–Kier alpha value is -3.60. The molecule has 3 aromatic rings. The van der Waals surface area contributed by atoms with Crippen LogP contribution in [0.3, 0.4) is 0 Å². The molecule has 1 amide bonds. The molecule has 3 rings (SSSR count). The van der Waals surface area contributed by atoms with Crippen molar-refractivity contribution in [1.82, 2.24) is 9.88 Å². The third kappa shape index (κ3) is 4.77. The van der Waals surface area contributed by atoms with Gasteiger partial charge in [0.25, 0.3) is 5.91 Å². The van der Waals surface area contributed by atoms with Gasteiger partial charge >= 0.3 is 6.36 Å². The number of halogens is 4. The summed E-state index contributed by atoms with van der Waals surface area (Å²) >= 11 is 0. The minimum Gasteiger partial charge on any atom is -0.505 e. The second-order valence-corrected chi connectivity index (χ2v) is 7.24. The van der Waals surface area contributed by atoms with Crippen LogP contribution in [0.2, 0.25) is 0 Å². The fourth-order valence-electron chi connectivity index (χ4n) is 3.66. The van der Waals surface area contributed by atoms with Crippen LogP contribution in [0.15, 0.2) is 36.4 Å². The molecule has 1 unspecified atom stereocenters. The lowest BCUT2D eigenvalue weighted by molar-refractivity contribution is -0.274. The van der Waals surface area contributed by atoms with E-state index in [0.29, 0.717) is 0 Å². The number of nitrogens with zero attached hydrogens (tertiary/aromatic N) is 1. The first kappa shape index (κ1) is 24.1. The first-order chi connectivity index (χ1) is 15.5. The summed E-state index contributed by atoms with van der Waals surface area (Å²) in [4.78, 5) is 25.7. The average Bonchev–Trinajstić information content (AvgIpc) is 3.05. The molecule has 1 heterocycles. The van der Waals surface area contributed by atoms with Gasteiger partial charge in [0.2, 0.25) is 5.91 Å². The number of alkyl halides is 3. The minimum absolute atomic E-state index is 0.0121. The van der Waals surface area contributed by atoms with E-state index in [1.165, 1.54) is 19.9 Å². The number of nitrogens with one attached hydrogen (secondary N) is 1. The predicted molar refractivity (Wildman–Crippen MR) is 110 cm³/mol. The molecule has 0 saturated heterocycles. The number of hydrogen-bond acceptors (Lipinski definition) is 5. The summed E-state index contributed by atoms with van der Waals surface area (Å²) in [5.41, 5.74) is 0.420. The van der Waals surface area contributed by atoms with E-state index in [-0.39, 0.29) is 40.9 Å². The van der Waals surface area contributed by atoms with Gasteiger partial charge in [-0.25, -0.2) is 4.39 Å². The molecule has 11 heteroatoms. The smallest absolute Gasteiger partial charge is 0.505 e. The summed E-state index contributed by atoms with van der Waals surface area (Å²) in [6, 6.07) is 6.56. The van der Waals surface area contributed by atoms with Gasteiger partial charge in [-0.15, -0.1) is 13.2 Å². The molecule has 0 aliphatic carbocycles. The zero-order valence-corrected chi connectivity index (χ0v) is 17.5. The van der Waals surface area contributed by atoms with Crippen LogP contribution >= 0.6 is 0 Å². The quantitative estimate of drug-likeness (QED) is 0.480. The van der Waals surface area contributed by atoms with E-state index in [4.69, 9.17) is 5.11 Å². The molecule has 176 valence electrons. The van der Waals surface area contributed by atoms with Crippen LogP contribution < -0.4 is 10.1 Å². The van der Waals surface area contributed by atoms with Crippen molar-refractivity contribution in [3.8, 4) is 11.5 Å². The number of aliphatic hydroxyl groups excluding tert-OH is 1. The van der Waals surface area contributed by atoms with E-state index in [0.717, 1.165) is 34.9 Å². The standard InChI is InChI=1S/C22H20F4N2O5/c1-11(20(31)27-9-10-29)17-12(2)28(15-7-8-16(30)19(23)18(15)17)21(32)13-3-5-14(6-4-13)33-22(24,25)26/h3-8,11,29-30H,9-10H2,1-2H3,(H,27,31). The number of rotatable bonds is 6. The largest absolute Gasteiger partial charge is 0.573 e. The summed E-state index contributed by atoms with van der Waals surface area (Å²) in [6.07, 6.45) is -4.89. The third-order valence-electron chi connectivity index (χ3n) is 5.11. The number of carbonyl (C=O) groups is 2. The number of hydrogen-bond donors (Lipinski definition) is 3. The van der Waals surface area contributed by atoms with Crippen molar-refractivity contribution in [2.24, 2.45) is 0 Å². The summed E-state index contributed by atoms with van der Waals surface area (Å²) in [5.74, 6) is -4.38. The van der Waals surface area contributed by atoms with Gasteiger partial charge in [0, 0.05) is 23.2 Å². The maximum Gasteiger partial charge on any atom is 0.573 e. The number of aromatic hydroxyl groups is 1. The molecule has 7 nitrogen and oxygen atoms in total. The first-order valence-corrected chi connectivity index (χ1v) is 9.77. The number of ether oxygens (including phenoxy) is 1. The molecular formula is C22H20F4N2O5. The molecule has 2 aromatic carbocycles. The number of amides is 1. The van der Waals surface area contributed by atoms with E-state index >= 15 is 0 Å². The number of aliphatic hydroxyl groups is 1. The topological polar surface area (TPSA) is 101 Å². The van der Waals surface area contributed by atoms with E-state index in [1.807, 2.05) is 0 Å². The molecule has 1 aromatic heterocycles. The molecular weight excluding hydrogens is 448 g/mol. The van der Waals surface area contributed by atoms with Crippen LogP contribution in [0.1, 0.15) is 34.5 Å². The molecule has 0 aliphatic heterocycles. The van der Waals surface area contributed by atoms with Gasteiger partial charge < -0.3 is 20.3 Å². The highest BCUT2D eigenvalue weighted by atomic mass is 19.4. The lowest BCUT2D eigenvalue weighted by Gasteiger charge is -2.13. The fourth-order valence-corrected chi connectivity index (χ4v) is 3.66. The van der Waals surface area contributed by atoms with Crippen LogP contribution in [0, 0.1) is 12.7 Å². The zero-order chi connectivity index (χ0) is 24.5. The van der Waals surface area contributed by atoms with Gasteiger partial charge in [0.15, 0.2) is 11.6 Å². The highest BCUT2D eigenvalue weighted by Crippen LogP contribution is 2.37. The van der Waals surface area contributed by atoms with Crippen molar-refractivity contribution >= 4 is 22.7 Å². The number of carbonyl (C=O) groups excluding carboxylic acids is 2. The van der Waals surface area contributed by atoms with Crippen LogP contribution in [-0.4, -0.2) is 46.1 Å². The zero-order valence-electron chi connectivity index (χ0n) is 17.5. The minimum atomic E-state index is -4.89. The van der Waals surface area contributed by atoms with Crippen molar-refractivity contribution < 1.29 is 42.1 Å². The van der Waals surface area contributed by atoms with Crippen molar-refractivity contribution in [1.29, 1.82) is 0 Å². The summed E-state index contributed by atoms with van der Waals surface area (Å²) in [7, 11) is 0. The molecule has 3 N–H and O–H groups in total. The van der Waals surface area contributed by atoms with Gasteiger partial charge in [0.1, 0.15) is 5.75 Å². The van der Waals surface area contributed by atoms with Crippen LogP contribution in [0.4, 0.5) is 17.6 Å². The highest BCUT2D eigenvalue weighted by molar-refractivity contribution is 6.05. The summed E-state index contributed by atoms with van der Waals surface area (Å²) in [6.45, 7) is 2.64. The van der Waals surface area contributed by atoms with Gasteiger partial charge in [-0.3, -0.25) is 14.2 Å². The second-order valence-electron chi connectivity index (χ2n) is 7.24. The van der Waals surface area contributed by atoms with E-state index in [1.54, 1.807) is 0 Å². The Labute approximate surface area is 185 Å². The van der Waals surface area contributed by atoms with Gasteiger partial charge in [-0.1, -0.05) is 0 Å². The van der Waals surface area contributed by atoms with E-state index in [2.05, 4.69) is 10.1 Å². The van der Waals surface area contributed by atoms with E-state index in [9.17, 15) is 32.3 Å². The lowest BCUT2D eigenvalue weighted by atomic mass is 9.96. The summed E-state index contributed by atoms with van der Waals surface area (Å²) in [5, 5.41) is 21.1. The van der Waals surface area contributed by atoms with Gasteiger partial charge in [0.05, 0.1) is 18.0 Å². The highest BCUT2D eigenvalue weighted by Gasteiger charge is 2.32. The number of phenols is 1. The summed E-state index contributed by atoms with van der Waals surface area (Å²) < 4.78 is 57.0. The average molecular weight is 468 g/mol. The van der Waals surface area contributed by atoms with Crippen LogP contribution in [0.5, 0.6) is 11.5 Å². The SMILES string of the molecule is Cc1c(C(C)C(=O)NCCO)c2c(F)c(O)ccc2n1C(=O)c1ccc(OC(F)(F)F)cc1. The van der Waals surface area contributed by atoms with Crippen molar-refractivity contribution in [2.75, 3.05) is 13.2 Å². The Kier molecular flexibility index (Phi) is 6.63. The lowest BCUT2D eigenvalue weighted by Crippen LogP contribution is -2.30. The number of phenolic OH excluding ortho intramolecular Hbond substituents is 1. The molecule has 33 heavy (non-hydrogen) atoms. The molecule has 0 aliphatic rings. The number of benzene rings is 2. The van der Waals surface area contributed by atoms with Crippen molar-refractivity contribution in [3.63, 3.8) is 0 Å².